The van der Waals surface area contributed by atoms with Gasteiger partial charge in [0.2, 0.25) is 0 Å². The molecule has 0 spiro atoms. The van der Waals surface area contributed by atoms with Crippen molar-refractivity contribution < 1.29 is 0 Å². The largest absolute Gasteiger partial charge is 0.284 e. The van der Waals surface area contributed by atoms with E-state index in [4.69, 9.17) is 5.10 Å². The Morgan fingerprint density at radius 1 is 1.00 bits per heavy atom. The summed E-state index contributed by atoms with van der Waals surface area (Å²) in [4.78, 5) is 2.49. The number of hydrogen-bond acceptors (Lipinski definition) is 2. The molecule has 23 heavy (non-hydrogen) atoms. The Morgan fingerprint density at radius 3 is 2.48 bits per heavy atom. The molecule has 0 saturated carbocycles. The summed E-state index contributed by atoms with van der Waals surface area (Å²) in [7, 11) is 0. The molecule has 0 N–H and O–H groups in total. The molecule has 1 aliphatic rings. The molecule has 4 heteroatoms. The maximum absolute atomic E-state index is 4.94. The standard InChI is InChI=1S/C19H21N3.ClH/c1-15-9-10-18-17(13-15)19(16-7-3-2-4-8-16)20-22(18)14-21-11-5-6-12-21;/h2-4,7-10,13H,5-6,11-12,14H2,1H3;1H. The fourth-order valence-electron chi connectivity index (χ4n) is 3.32. The van der Waals surface area contributed by atoms with Gasteiger partial charge in [-0.25, -0.2) is 4.68 Å². The highest BCUT2D eigenvalue weighted by Gasteiger charge is 2.16. The molecule has 1 aromatic heterocycles. The van der Waals surface area contributed by atoms with E-state index in [1.807, 2.05) is 0 Å². The summed E-state index contributed by atoms with van der Waals surface area (Å²) >= 11 is 0. The molecular formula is C19H22ClN3. The number of benzene rings is 2. The normalized spacial score (nSPS) is 15.0. The Labute approximate surface area is 143 Å². The second-order valence-electron chi connectivity index (χ2n) is 6.20. The van der Waals surface area contributed by atoms with Gasteiger partial charge in [0.05, 0.1) is 12.2 Å². The summed E-state index contributed by atoms with van der Waals surface area (Å²) in [6.45, 7) is 5.42. The van der Waals surface area contributed by atoms with Gasteiger partial charge in [0.25, 0.3) is 0 Å². The van der Waals surface area contributed by atoms with Crippen LogP contribution < -0.4 is 0 Å². The predicted octanol–water partition coefficient (Wildman–Crippen LogP) is 4.49. The number of aromatic nitrogens is 2. The summed E-state index contributed by atoms with van der Waals surface area (Å²) in [5.74, 6) is 0. The van der Waals surface area contributed by atoms with E-state index in [0.29, 0.717) is 0 Å². The SMILES string of the molecule is Cc1ccc2c(c1)c(-c1ccccc1)nn2CN1CCCC1.Cl. The van der Waals surface area contributed by atoms with Crippen LogP contribution in [0.1, 0.15) is 18.4 Å². The summed E-state index contributed by atoms with van der Waals surface area (Å²) in [5.41, 5.74) is 4.80. The van der Waals surface area contributed by atoms with E-state index in [9.17, 15) is 0 Å². The van der Waals surface area contributed by atoms with Gasteiger partial charge in [-0.2, -0.15) is 5.10 Å². The third kappa shape index (κ3) is 3.12. The van der Waals surface area contributed by atoms with E-state index < -0.39 is 0 Å². The smallest absolute Gasteiger partial charge is 0.100 e. The molecule has 3 nitrogen and oxygen atoms in total. The highest BCUT2D eigenvalue weighted by atomic mass is 35.5. The molecule has 0 bridgehead atoms. The predicted molar refractivity (Wildman–Crippen MR) is 98.0 cm³/mol. The lowest BCUT2D eigenvalue weighted by Gasteiger charge is -2.15. The van der Waals surface area contributed by atoms with Crippen LogP contribution in [0.25, 0.3) is 22.2 Å². The van der Waals surface area contributed by atoms with E-state index in [2.05, 4.69) is 65.0 Å². The van der Waals surface area contributed by atoms with Crippen molar-refractivity contribution in [3.63, 3.8) is 0 Å². The zero-order chi connectivity index (χ0) is 14.9. The quantitative estimate of drug-likeness (QED) is 0.707. The van der Waals surface area contributed by atoms with E-state index in [-0.39, 0.29) is 12.4 Å². The van der Waals surface area contributed by atoms with E-state index >= 15 is 0 Å². The Hall–Kier alpha value is -1.84. The molecule has 120 valence electrons. The second-order valence-corrected chi connectivity index (χ2v) is 6.20. The summed E-state index contributed by atoms with van der Waals surface area (Å²) in [6, 6.07) is 17.1. The summed E-state index contributed by atoms with van der Waals surface area (Å²) in [6.07, 6.45) is 2.62. The van der Waals surface area contributed by atoms with Crippen molar-refractivity contribution in [2.75, 3.05) is 13.1 Å². The van der Waals surface area contributed by atoms with Crippen LogP contribution in [-0.4, -0.2) is 27.8 Å². The van der Waals surface area contributed by atoms with Gasteiger partial charge in [0.1, 0.15) is 5.69 Å². The average molecular weight is 328 g/mol. The maximum Gasteiger partial charge on any atom is 0.100 e. The number of rotatable bonds is 3. The van der Waals surface area contributed by atoms with Crippen molar-refractivity contribution in [1.82, 2.24) is 14.7 Å². The fourth-order valence-corrected chi connectivity index (χ4v) is 3.32. The molecule has 0 atom stereocenters. The highest BCUT2D eigenvalue weighted by Crippen LogP contribution is 2.29. The van der Waals surface area contributed by atoms with Crippen LogP contribution >= 0.6 is 12.4 Å². The molecule has 1 aliphatic heterocycles. The molecule has 2 aromatic carbocycles. The van der Waals surface area contributed by atoms with Crippen LogP contribution in [0.4, 0.5) is 0 Å². The molecule has 0 amide bonds. The molecule has 0 unspecified atom stereocenters. The Bertz CT molecular complexity index is 789. The fraction of sp³-hybridized carbons (Fsp3) is 0.316. The summed E-state index contributed by atoms with van der Waals surface area (Å²) < 4.78 is 2.17. The van der Waals surface area contributed by atoms with Gasteiger partial charge in [-0.3, -0.25) is 4.90 Å². The molecule has 0 aliphatic carbocycles. The van der Waals surface area contributed by atoms with E-state index in [1.165, 1.54) is 48.0 Å². The third-order valence-electron chi connectivity index (χ3n) is 4.49. The topological polar surface area (TPSA) is 21.1 Å². The van der Waals surface area contributed by atoms with Crippen LogP contribution in [0.15, 0.2) is 48.5 Å². The number of likely N-dealkylation sites (tertiary alicyclic amines) is 1. The third-order valence-corrected chi connectivity index (χ3v) is 4.49. The molecule has 3 aromatic rings. The molecule has 0 radical (unpaired) electrons. The van der Waals surface area contributed by atoms with Crippen LogP contribution in [0, 0.1) is 6.92 Å². The van der Waals surface area contributed by atoms with Crippen molar-refractivity contribution >= 4 is 23.3 Å². The lowest BCUT2D eigenvalue weighted by atomic mass is 10.1. The first-order valence-corrected chi connectivity index (χ1v) is 8.06. The first kappa shape index (κ1) is 16.0. The first-order valence-electron chi connectivity index (χ1n) is 8.06. The average Bonchev–Trinajstić information content (AvgIpc) is 3.17. The first-order chi connectivity index (χ1) is 10.8. The monoisotopic (exact) mass is 327 g/mol. The van der Waals surface area contributed by atoms with Crippen LogP contribution in [-0.2, 0) is 6.67 Å². The number of hydrogen-bond donors (Lipinski definition) is 0. The molecular weight excluding hydrogens is 306 g/mol. The van der Waals surface area contributed by atoms with Gasteiger partial charge in [-0.1, -0.05) is 42.0 Å². The minimum absolute atomic E-state index is 0. The van der Waals surface area contributed by atoms with Gasteiger partial charge in [-0.05, 0) is 45.0 Å². The minimum atomic E-state index is 0. The van der Waals surface area contributed by atoms with Crippen LogP contribution in [0.2, 0.25) is 0 Å². The lowest BCUT2D eigenvalue weighted by molar-refractivity contribution is 0.261. The molecule has 2 heterocycles. The molecule has 1 fully saturated rings. The van der Waals surface area contributed by atoms with Crippen molar-refractivity contribution in [3.05, 3.63) is 54.1 Å². The Balaban J connectivity index is 0.00000156. The van der Waals surface area contributed by atoms with E-state index in [1.54, 1.807) is 0 Å². The van der Waals surface area contributed by atoms with Crippen molar-refractivity contribution in [2.24, 2.45) is 0 Å². The van der Waals surface area contributed by atoms with Crippen LogP contribution in [0.5, 0.6) is 0 Å². The number of aryl methyl sites for hydroxylation is 1. The Kier molecular flexibility index (Phi) is 4.69. The number of fused-ring (bicyclic) bond motifs is 1. The van der Waals surface area contributed by atoms with Gasteiger partial charge >= 0.3 is 0 Å². The Morgan fingerprint density at radius 2 is 1.74 bits per heavy atom. The highest BCUT2D eigenvalue weighted by molar-refractivity contribution is 5.93. The maximum atomic E-state index is 4.94. The summed E-state index contributed by atoms with van der Waals surface area (Å²) in [5, 5.41) is 6.19. The van der Waals surface area contributed by atoms with Crippen LogP contribution in [0.3, 0.4) is 0 Å². The van der Waals surface area contributed by atoms with Gasteiger partial charge in [-0.15, -0.1) is 12.4 Å². The van der Waals surface area contributed by atoms with Crippen molar-refractivity contribution in [2.45, 2.75) is 26.4 Å². The van der Waals surface area contributed by atoms with Gasteiger partial charge in [0, 0.05) is 10.9 Å². The van der Waals surface area contributed by atoms with Gasteiger partial charge in [0.15, 0.2) is 0 Å². The second kappa shape index (κ2) is 6.73. The molecule has 4 rings (SSSR count). The number of halogens is 1. The molecule has 1 saturated heterocycles. The van der Waals surface area contributed by atoms with Gasteiger partial charge < -0.3 is 0 Å². The van der Waals surface area contributed by atoms with Crippen molar-refractivity contribution in [1.29, 1.82) is 0 Å². The number of nitrogens with zero attached hydrogens (tertiary/aromatic N) is 3. The van der Waals surface area contributed by atoms with E-state index in [0.717, 1.165) is 12.4 Å². The lowest BCUT2D eigenvalue weighted by Crippen LogP contribution is -2.23. The zero-order valence-corrected chi connectivity index (χ0v) is 14.2. The van der Waals surface area contributed by atoms with Crippen molar-refractivity contribution in [3.8, 4) is 11.3 Å². The zero-order valence-electron chi connectivity index (χ0n) is 13.4. The minimum Gasteiger partial charge on any atom is -0.284 e.